The number of halogens is 1. The summed E-state index contributed by atoms with van der Waals surface area (Å²) in [5, 5.41) is 11.9. The molecule has 1 aliphatic heterocycles. The Bertz CT molecular complexity index is 852. The van der Waals surface area contributed by atoms with Crippen molar-refractivity contribution in [3.05, 3.63) is 65.5 Å². The number of rotatable bonds is 7. The van der Waals surface area contributed by atoms with Gasteiger partial charge in [0.2, 0.25) is 0 Å². The monoisotopic (exact) mass is 399 g/mol. The maximum absolute atomic E-state index is 14.7. The van der Waals surface area contributed by atoms with Crippen molar-refractivity contribution in [3.8, 4) is 0 Å². The standard InChI is InChI=1S/C22H26FN3O3/c1-2-25-10-12-26(13-11-25)20-9-8-17(15-18(20)23)21(27)24-19(22(28)29)14-16-6-4-3-5-7-16/h3-9,15,19H,2,10-14H2,1H3,(H,24,27)(H,28,29)/t19-/m0/s1. The second kappa shape index (κ2) is 9.52. The molecule has 3 rings (SSSR count). The molecule has 0 aliphatic carbocycles. The number of amides is 1. The van der Waals surface area contributed by atoms with Crippen molar-refractivity contribution in [2.24, 2.45) is 0 Å². The van der Waals surface area contributed by atoms with Gasteiger partial charge in [0.25, 0.3) is 5.91 Å². The molecular formula is C22H26FN3O3. The zero-order chi connectivity index (χ0) is 20.8. The molecular weight excluding hydrogens is 373 g/mol. The smallest absolute Gasteiger partial charge is 0.326 e. The molecule has 0 unspecified atom stereocenters. The van der Waals surface area contributed by atoms with Gasteiger partial charge in [-0.1, -0.05) is 37.3 Å². The van der Waals surface area contributed by atoms with E-state index in [1.54, 1.807) is 24.3 Å². The van der Waals surface area contributed by atoms with Gasteiger partial charge >= 0.3 is 5.97 Å². The summed E-state index contributed by atoms with van der Waals surface area (Å²) < 4.78 is 14.7. The van der Waals surface area contributed by atoms with Crippen LogP contribution in [0.1, 0.15) is 22.8 Å². The highest BCUT2D eigenvalue weighted by molar-refractivity contribution is 5.97. The van der Waals surface area contributed by atoms with Crippen LogP contribution in [0.25, 0.3) is 0 Å². The van der Waals surface area contributed by atoms with Gasteiger partial charge in [0, 0.05) is 38.2 Å². The molecule has 1 aliphatic rings. The number of hydrogen-bond acceptors (Lipinski definition) is 4. The van der Waals surface area contributed by atoms with E-state index in [0.717, 1.165) is 38.3 Å². The van der Waals surface area contributed by atoms with Crippen molar-refractivity contribution in [1.29, 1.82) is 0 Å². The number of hydrogen-bond donors (Lipinski definition) is 2. The SMILES string of the molecule is CCN1CCN(c2ccc(C(=O)N[C@@H](Cc3ccccc3)C(=O)O)cc2F)CC1. The first-order valence-electron chi connectivity index (χ1n) is 9.82. The van der Waals surface area contributed by atoms with Crippen LogP contribution in [0.5, 0.6) is 0 Å². The first-order valence-corrected chi connectivity index (χ1v) is 9.82. The van der Waals surface area contributed by atoms with E-state index >= 15 is 0 Å². The van der Waals surface area contributed by atoms with Crippen LogP contribution in [0.2, 0.25) is 0 Å². The summed E-state index contributed by atoms with van der Waals surface area (Å²) in [4.78, 5) is 28.3. The van der Waals surface area contributed by atoms with E-state index < -0.39 is 23.7 Å². The minimum Gasteiger partial charge on any atom is -0.480 e. The summed E-state index contributed by atoms with van der Waals surface area (Å²) in [5.74, 6) is -2.21. The van der Waals surface area contributed by atoms with Gasteiger partial charge in [-0.3, -0.25) is 4.79 Å². The summed E-state index contributed by atoms with van der Waals surface area (Å²) in [6.45, 7) is 6.29. The number of anilines is 1. The van der Waals surface area contributed by atoms with E-state index in [-0.39, 0.29) is 12.0 Å². The predicted octanol–water partition coefficient (Wildman–Crippen LogP) is 2.39. The number of likely N-dealkylation sites (N-methyl/N-ethyl adjacent to an activating group) is 1. The van der Waals surface area contributed by atoms with Crippen molar-refractivity contribution in [2.45, 2.75) is 19.4 Å². The number of nitrogens with zero attached hydrogens (tertiary/aromatic N) is 2. The van der Waals surface area contributed by atoms with Crippen LogP contribution >= 0.6 is 0 Å². The summed E-state index contributed by atoms with van der Waals surface area (Å²) in [6, 6.07) is 12.3. The van der Waals surface area contributed by atoms with Crippen LogP contribution in [0.4, 0.5) is 10.1 Å². The average Bonchev–Trinajstić information content (AvgIpc) is 2.74. The molecule has 1 heterocycles. The molecule has 154 valence electrons. The lowest BCUT2D eigenvalue weighted by molar-refractivity contribution is -0.139. The van der Waals surface area contributed by atoms with E-state index in [0.29, 0.717) is 5.69 Å². The maximum Gasteiger partial charge on any atom is 0.326 e. The highest BCUT2D eigenvalue weighted by Gasteiger charge is 2.23. The minimum absolute atomic E-state index is 0.109. The van der Waals surface area contributed by atoms with E-state index in [2.05, 4.69) is 17.1 Å². The number of carboxylic acids is 1. The zero-order valence-electron chi connectivity index (χ0n) is 16.5. The lowest BCUT2D eigenvalue weighted by atomic mass is 10.1. The average molecular weight is 399 g/mol. The van der Waals surface area contributed by atoms with Crippen molar-refractivity contribution < 1.29 is 19.1 Å². The molecule has 0 saturated carbocycles. The molecule has 29 heavy (non-hydrogen) atoms. The van der Waals surface area contributed by atoms with Gasteiger partial charge in [-0.05, 0) is 30.3 Å². The minimum atomic E-state index is -1.13. The summed E-state index contributed by atoms with van der Waals surface area (Å²) >= 11 is 0. The van der Waals surface area contributed by atoms with Crippen molar-refractivity contribution in [3.63, 3.8) is 0 Å². The second-order valence-electron chi connectivity index (χ2n) is 7.14. The topological polar surface area (TPSA) is 72.9 Å². The second-order valence-corrected chi connectivity index (χ2v) is 7.14. The summed E-state index contributed by atoms with van der Waals surface area (Å²) in [7, 11) is 0. The fraction of sp³-hybridized carbons (Fsp3) is 0.364. The molecule has 1 saturated heterocycles. The maximum atomic E-state index is 14.7. The van der Waals surface area contributed by atoms with Gasteiger partial charge in [-0.15, -0.1) is 0 Å². The Morgan fingerprint density at radius 1 is 1.10 bits per heavy atom. The van der Waals surface area contributed by atoms with Crippen molar-refractivity contribution in [2.75, 3.05) is 37.6 Å². The Balaban J connectivity index is 1.67. The van der Waals surface area contributed by atoms with Crippen LogP contribution in [0.3, 0.4) is 0 Å². The molecule has 2 aromatic carbocycles. The number of aliphatic carboxylic acids is 1. The summed E-state index contributed by atoms with van der Waals surface area (Å²) in [5.41, 5.74) is 1.38. The van der Waals surface area contributed by atoms with E-state index in [1.165, 1.54) is 6.07 Å². The summed E-state index contributed by atoms with van der Waals surface area (Å²) in [6.07, 6.45) is 0.157. The number of carbonyl (C=O) groups excluding carboxylic acids is 1. The third-order valence-electron chi connectivity index (χ3n) is 5.26. The highest BCUT2D eigenvalue weighted by atomic mass is 19.1. The van der Waals surface area contributed by atoms with Gasteiger partial charge in [0.05, 0.1) is 5.69 Å². The van der Waals surface area contributed by atoms with Crippen molar-refractivity contribution in [1.82, 2.24) is 10.2 Å². The normalized spacial score (nSPS) is 15.7. The molecule has 0 radical (unpaired) electrons. The Labute approximate surface area is 169 Å². The Hall–Kier alpha value is -2.93. The van der Waals surface area contributed by atoms with Crippen LogP contribution in [0, 0.1) is 5.82 Å². The Kier molecular flexibility index (Phi) is 6.82. The fourth-order valence-corrected chi connectivity index (χ4v) is 3.50. The van der Waals surface area contributed by atoms with Crippen LogP contribution in [0.15, 0.2) is 48.5 Å². The molecule has 1 atom stereocenters. The number of carbonyl (C=O) groups is 2. The highest BCUT2D eigenvalue weighted by Crippen LogP contribution is 2.22. The Morgan fingerprint density at radius 3 is 2.38 bits per heavy atom. The third-order valence-corrected chi connectivity index (χ3v) is 5.26. The van der Waals surface area contributed by atoms with Crippen LogP contribution < -0.4 is 10.2 Å². The number of piperazine rings is 1. The van der Waals surface area contributed by atoms with Gasteiger partial charge < -0.3 is 20.2 Å². The van der Waals surface area contributed by atoms with E-state index in [4.69, 9.17) is 0 Å². The van der Waals surface area contributed by atoms with Crippen LogP contribution in [-0.4, -0.2) is 60.6 Å². The first-order chi connectivity index (χ1) is 14.0. The molecule has 1 amide bonds. The molecule has 0 spiro atoms. The first kappa shape index (κ1) is 20.8. The molecule has 0 bridgehead atoms. The Morgan fingerprint density at radius 2 is 1.79 bits per heavy atom. The number of carboxylic acid groups (broad SMARTS) is 1. The van der Waals surface area contributed by atoms with E-state index in [9.17, 15) is 19.1 Å². The van der Waals surface area contributed by atoms with Gasteiger partial charge in [-0.2, -0.15) is 0 Å². The fourth-order valence-electron chi connectivity index (χ4n) is 3.50. The molecule has 6 nitrogen and oxygen atoms in total. The number of nitrogens with one attached hydrogen (secondary N) is 1. The van der Waals surface area contributed by atoms with Gasteiger partial charge in [-0.25, -0.2) is 9.18 Å². The van der Waals surface area contributed by atoms with Crippen molar-refractivity contribution >= 4 is 17.6 Å². The quantitative estimate of drug-likeness (QED) is 0.748. The van der Waals surface area contributed by atoms with Gasteiger partial charge in [0.1, 0.15) is 11.9 Å². The largest absolute Gasteiger partial charge is 0.480 e. The lowest BCUT2D eigenvalue weighted by Gasteiger charge is -2.35. The predicted molar refractivity (Wildman–Crippen MR) is 110 cm³/mol. The molecule has 2 aromatic rings. The molecule has 7 heteroatoms. The molecule has 0 aromatic heterocycles. The zero-order valence-corrected chi connectivity index (χ0v) is 16.5. The van der Waals surface area contributed by atoms with Gasteiger partial charge in [0.15, 0.2) is 0 Å². The molecule has 1 fully saturated rings. The lowest BCUT2D eigenvalue weighted by Crippen LogP contribution is -2.46. The van der Waals surface area contributed by atoms with E-state index in [1.807, 2.05) is 23.1 Å². The third kappa shape index (κ3) is 5.32. The molecule has 2 N–H and O–H groups in total. The van der Waals surface area contributed by atoms with Crippen LogP contribution in [-0.2, 0) is 11.2 Å². The number of benzene rings is 2.